The highest BCUT2D eigenvalue weighted by Crippen LogP contribution is 2.26. The van der Waals surface area contributed by atoms with Crippen LogP contribution in [0.4, 0.5) is 4.79 Å². The van der Waals surface area contributed by atoms with Gasteiger partial charge in [-0.25, -0.2) is 4.79 Å². The fourth-order valence-corrected chi connectivity index (χ4v) is 2.92. The van der Waals surface area contributed by atoms with Crippen molar-refractivity contribution in [3.05, 3.63) is 54.1 Å². The van der Waals surface area contributed by atoms with Crippen LogP contribution in [-0.4, -0.2) is 23.8 Å². The van der Waals surface area contributed by atoms with E-state index in [2.05, 4.69) is 36.6 Å². The largest absolute Gasteiger partial charge is 0.412 e. The molecule has 0 saturated carbocycles. The fraction of sp³-hybridized carbons (Fsp3) is 0.263. The molecule has 0 unspecified atom stereocenters. The Hall–Kier alpha value is -2.60. The Morgan fingerprint density at radius 1 is 1.16 bits per heavy atom. The Morgan fingerprint density at radius 3 is 2.44 bits per heavy atom. The van der Waals surface area contributed by atoms with Crippen LogP contribution in [0.1, 0.15) is 19.4 Å². The lowest BCUT2D eigenvalue weighted by Crippen LogP contribution is -2.47. The van der Waals surface area contributed by atoms with Gasteiger partial charge in [0.1, 0.15) is 5.75 Å². The van der Waals surface area contributed by atoms with Gasteiger partial charge in [-0.2, -0.15) is 0 Å². The first-order valence-electron chi connectivity index (χ1n) is 7.96. The molecule has 2 rings (SSSR count). The Balaban J connectivity index is 2.22. The summed E-state index contributed by atoms with van der Waals surface area (Å²) in [6.07, 6.45) is 0.281. The quantitative estimate of drug-likeness (QED) is 0.716. The normalized spacial score (nSPS) is 10.8. The molecule has 0 aliphatic heterocycles. The molecule has 5 nitrogen and oxygen atoms in total. The summed E-state index contributed by atoms with van der Waals surface area (Å²) in [5, 5.41) is 5.83. The van der Waals surface area contributed by atoms with E-state index in [1.165, 1.54) is 7.05 Å². The number of ether oxygens (including phenoxy) is 1. The first kappa shape index (κ1) is 18.7. The molecule has 0 aliphatic carbocycles. The van der Waals surface area contributed by atoms with Crippen molar-refractivity contribution in [3.8, 4) is 16.9 Å². The van der Waals surface area contributed by atoms with E-state index in [4.69, 9.17) is 22.7 Å². The second-order valence-electron chi connectivity index (χ2n) is 6.42. The molecule has 0 saturated heterocycles. The number of hydrogen-bond acceptors (Lipinski definition) is 3. The van der Waals surface area contributed by atoms with Crippen LogP contribution in [0, 0.1) is 0 Å². The van der Waals surface area contributed by atoms with Gasteiger partial charge in [-0.1, -0.05) is 36.4 Å². The van der Waals surface area contributed by atoms with Gasteiger partial charge < -0.3 is 21.1 Å². The third kappa shape index (κ3) is 5.76. The lowest BCUT2D eigenvalue weighted by molar-refractivity contribution is 0.203. The van der Waals surface area contributed by atoms with Gasteiger partial charge >= 0.3 is 6.09 Å². The monoisotopic (exact) mass is 357 g/mol. The molecule has 0 spiro atoms. The summed E-state index contributed by atoms with van der Waals surface area (Å²) < 4.78 is 5.19. The molecule has 1 amide bonds. The molecule has 0 atom stereocenters. The number of thiocarbonyl (C=S) groups is 1. The van der Waals surface area contributed by atoms with Crippen LogP contribution < -0.4 is 21.1 Å². The maximum absolute atomic E-state index is 11.4. The zero-order chi connectivity index (χ0) is 18.4. The van der Waals surface area contributed by atoms with Gasteiger partial charge in [-0.15, -0.1) is 0 Å². The van der Waals surface area contributed by atoms with E-state index in [0.717, 1.165) is 23.1 Å². The number of carbonyl (C=O) groups excluding carboxylic acids is 1. The summed E-state index contributed by atoms with van der Waals surface area (Å²) >= 11 is 4.94. The number of benzene rings is 2. The minimum atomic E-state index is -0.489. The van der Waals surface area contributed by atoms with Crippen LogP contribution in [0.2, 0.25) is 0 Å². The number of nitrogens with one attached hydrogen (secondary N) is 2. The Morgan fingerprint density at radius 2 is 1.80 bits per heavy atom. The van der Waals surface area contributed by atoms with Crippen LogP contribution >= 0.6 is 12.2 Å². The third-order valence-corrected chi connectivity index (χ3v) is 3.72. The molecule has 2 aromatic rings. The summed E-state index contributed by atoms with van der Waals surface area (Å²) in [6.45, 7) is 4.10. The van der Waals surface area contributed by atoms with E-state index in [0.29, 0.717) is 10.9 Å². The van der Waals surface area contributed by atoms with Gasteiger partial charge in [-0.05, 0) is 61.3 Å². The van der Waals surface area contributed by atoms with Gasteiger partial charge in [0.15, 0.2) is 5.11 Å². The molecule has 132 valence electrons. The molecule has 4 N–H and O–H groups in total. The van der Waals surface area contributed by atoms with Crippen LogP contribution in [0.15, 0.2) is 48.5 Å². The first-order valence-corrected chi connectivity index (χ1v) is 8.36. The lowest BCUT2D eigenvalue weighted by Gasteiger charge is -2.26. The van der Waals surface area contributed by atoms with Crippen molar-refractivity contribution in [2.24, 2.45) is 5.73 Å². The standard InChI is InChI=1S/C19H23N3O2S/c1-19(2,22-17(20)25)12-13-6-4-7-14(10-13)15-8-5-9-16(11-15)24-18(23)21-3/h4-11H,12H2,1-3H3,(H,21,23)(H3,20,22,25). The zero-order valence-corrected chi connectivity index (χ0v) is 15.4. The SMILES string of the molecule is CNC(=O)Oc1cccc(-c2cccc(CC(C)(C)NC(N)=S)c2)c1. The molecule has 6 heteroatoms. The highest BCUT2D eigenvalue weighted by Gasteiger charge is 2.18. The summed E-state index contributed by atoms with van der Waals surface area (Å²) in [7, 11) is 1.53. The van der Waals surface area contributed by atoms with E-state index in [9.17, 15) is 4.79 Å². The van der Waals surface area contributed by atoms with Crippen LogP contribution in [0.3, 0.4) is 0 Å². The predicted octanol–water partition coefficient (Wildman–Crippen LogP) is 3.23. The van der Waals surface area contributed by atoms with E-state index >= 15 is 0 Å². The van der Waals surface area contributed by atoms with Crippen molar-refractivity contribution in [1.29, 1.82) is 0 Å². The molecule has 0 heterocycles. The van der Waals surface area contributed by atoms with Gasteiger partial charge in [0.05, 0.1) is 0 Å². The molecule has 0 radical (unpaired) electrons. The second kappa shape index (κ2) is 7.98. The van der Waals surface area contributed by atoms with Gasteiger partial charge in [-0.3, -0.25) is 0 Å². The number of amides is 1. The summed E-state index contributed by atoms with van der Waals surface area (Å²) in [6, 6.07) is 15.6. The van der Waals surface area contributed by atoms with Crippen molar-refractivity contribution in [2.45, 2.75) is 25.8 Å². The maximum atomic E-state index is 11.4. The average molecular weight is 357 g/mol. The van der Waals surface area contributed by atoms with Crippen LogP contribution in [-0.2, 0) is 6.42 Å². The van der Waals surface area contributed by atoms with Crippen molar-refractivity contribution >= 4 is 23.4 Å². The topological polar surface area (TPSA) is 76.4 Å². The van der Waals surface area contributed by atoms with E-state index < -0.39 is 6.09 Å². The van der Waals surface area contributed by atoms with Crippen LogP contribution in [0.25, 0.3) is 11.1 Å². The minimum Gasteiger partial charge on any atom is -0.410 e. The summed E-state index contributed by atoms with van der Waals surface area (Å²) in [5.74, 6) is 0.498. The van der Waals surface area contributed by atoms with Crippen molar-refractivity contribution in [1.82, 2.24) is 10.6 Å². The minimum absolute atomic E-state index is 0.241. The molecule has 0 aromatic heterocycles. The molecule has 25 heavy (non-hydrogen) atoms. The molecular formula is C19H23N3O2S. The Labute approximate surface area is 153 Å². The van der Waals surface area contributed by atoms with Crippen molar-refractivity contribution in [2.75, 3.05) is 7.05 Å². The lowest BCUT2D eigenvalue weighted by atomic mass is 9.93. The van der Waals surface area contributed by atoms with Gasteiger partial charge in [0.2, 0.25) is 0 Å². The molecule has 0 fully saturated rings. The van der Waals surface area contributed by atoms with Crippen LogP contribution in [0.5, 0.6) is 5.75 Å². The molecule has 2 aromatic carbocycles. The van der Waals surface area contributed by atoms with Gasteiger partial charge in [0.25, 0.3) is 0 Å². The van der Waals surface area contributed by atoms with E-state index in [1.807, 2.05) is 30.3 Å². The average Bonchev–Trinajstić information content (AvgIpc) is 2.53. The molecule has 0 bridgehead atoms. The predicted molar refractivity (Wildman–Crippen MR) is 105 cm³/mol. The molecule has 0 aliphatic rings. The highest BCUT2D eigenvalue weighted by atomic mass is 32.1. The third-order valence-electron chi connectivity index (χ3n) is 3.62. The highest BCUT2D eigenvalue weighted by molar-refractivity contribution is 7.80. The van der Waals surface area contributed by atoms with Crippen molar-refractivity contribution < 1.29 is 9.53 Å². The number of rotatable bonds is 5. The van der Waals surface area contributed by atoms with E-state index in [-0.39, 0.29) is 5.54 Å². The van der Waals surface area contributed by atoms with Gasteiger partial charge in [0, 0.05) is 12.6 Å². The summed E-state index contributed by atoms with van der Waals surface area (Å²) in [5.41, 5.74) is 8.53. The smallest absolute Gasteiger partial charge is 0.410 e. The number of carbonyl (C=O) groups is 1. The Kier molecular flexibility index (Phi) is 5.98. The van der Waals surface area contributed by atoms with E-state index in [1.54, 1.807) is 6.07 Å². The first-order chi connectivity index (χ1) is 11.8. The molecular weight excluding hydrogens is 334 g/mol. The number of nitrogens with two attached hydrogens (primary N) is 1. The maximum Gasteiger partial charge on any atom is 0.412 e. The second-order valence-corrected chi connectivity index (χ2v) is 6.86. The zero-order valence-electron chi connectivity index (χ0n) is 14.6. The number of hydrogen-bond donors (Lipinski definition) is 3. The summed E-state index contributed by atoms with van der Waals surface area (Å²) in [4.78, 5) is 11.4. The fourth-order valence-electron chi connectivity index (χ4n) is 2.65. The van der Waals surface area contributed by atoms with Crippen molar-refractivity contribution in [3.63, 3.8) is 0 Å². The Bertz CT molecular complexity index is 775.